The molecule has 33 heavy (non-hydrogen) atoms. The average Bonchev–Trinajstić information content (AvgIpc) is 3.34. The lowest BCUT2D eigenvalue weighted by atomic mass is 9.94. The Kier molecular flexibility index (Phi) is 8.57. The van der Waals surface area contributed by atoms with Crippen LogP contribution in [0.15, 0.2) is 24.3 Å². The predicted octanol–water partition coefficient (Wildman–Crippen LogP) is 3.51. The molecule has 4 rings (SSSR count). The van der Waals surface area contributed by atoms with Crippen LogP contribution in [0.5, 0.6) is 5.75 Å². The van der Waals surface area contributed by atoms with Crippen molar-refractivity contribution in [2.75, 3.05) is 44.4 Å². The number of ether oxygens (including phenoxy) is 1. The second-order valence-electron chi connectivity index (χ2n) is 8.38. The summed E-state index contributed by atoms with van der Waals surface area (Å²) in [5, 5.41) is 12.0. The van der Waals surface area contributed by atoms with Crippen LogP contribution >= 0.6 is 23.1 Å². The molecular weight excluding hydrogens is 458 g/mol. The number of carbonyl (C=O) groups is 2. The minimum atomic E-state index is -0.291. The van der Waals surface area contributed by atoms with Gasteiger partial charge in [0.2, 0.25) is 10.9 Å². The molecule has 2 aromatic rings. The van der Waals surface area contributed by atoms with Gasteiger partial charge < -0.3 is 15.0 Å². The molecule has 178 valence electrons. The van der Waals surface area contributed by atoms with Gasteiger partial charge in [0, 0.05) is 43.7 Å². The lowest BCUT2D eigenvalue weighted by molar-refractivity contribution is -0.130. The SMILES string of the molecule is COc1ccc(NC(=O)c2nnc(CSCC(=O)N3CCN(C4CCCCC4)CC3)s2)cc1. The van der Waals surface area contributed by atoms with E-state index in [1.807, 2.05) is 4.90 Å². The van der Waals surface area contributed by atoms with Gasteiger partial charge in [0.05, 0.1) is 12.9 Å². The van der Waals surface area contributed by atoms with Gasteiger partial charge in [0.1, 0.15) is 10.8 Å². The van der Waals surface area contributed by atoms with E-state index >= 15 is 0 Å². The summed E-state index contributed by atoms with van der Waals surface area (Å²) in [5.74, 6) is 1.62. The molecule has 1 saturated heterocycles. The highest BCUT2D eigenvalue weighted by Crippen LogP contribution is 2.24. The van der Waals surface area contributed by atoms with E-state index < -0.39 is 0 Å². The second kappa shape index (κ2) is 11.8. The summed E-state index contributed by atoms with van der Waals surface area (Å²) in [4.78, 5) is 29.6. The van der Waals surface area contributed by atoms with E-state index in [1.54, 1.807) is 31.4 Å². The summed E-state index contributed by atoms with van der Waals surface area (Å²) in [6.07, 6.45) is 6.68. The van der Waals surface area contributed by atoms with Crippen molar-refractivity contribution in [3.05, 3.63) is 34.3 Å². The quantitative estimate of drug-likeness (QED) is 0.607. The number of nitrogens with one attached hydrogen (secondary N) is 1. The molecule has 1 aromatic carbocycles. The molecule has 10 heteroatoms. The topological polar surface area (TPSA) is 87.7 Å². The molecule has 1 saturated carbocycles. The summed E-state index contributed by atoms with van der Waals surface area (Å²) in [5.41, 5.74) is 0.668. The van der Waals surface area contributed by atoms with Gasteiger partial charge >= 0.3 is 0 Å². The number of anilines is 1. The third kappa shape index (κ3) is 6.68. The maximum atomic E-state index is 12.6. The minimum absolute atomic E-state index is 0.185. The number of thioether (sulfide) groups is 1. The van der Waals surface area contributed by atoms with Crippen LogP contribution in [0.4, 0.5) is 5.69 Å². The van der Waals surface area contributed by atoms with E-state index in [1.165, 1.54) is 55.2 Å². The number of benzene rings is 1. The molecule has 0 unspecified atom stereocenters. The Morgan fingerprint density at radius 2 is 1.82 bits per heavy atom. The van der Waals surface area contributed by atoms with E-state index in [-0.39, 0.29) is 11.8 Å². The van der Waals surface area contributed by atoms with Crippen molar-refractivity contribution in [2.24, 2.45) is 0 Å². The number of nitrogens with zero attached hydrogens (tertiary/aromatic N) is 4. The number of amides is 2. The number of rotatable bonds is 8. The van der Waals surface area contributed by atoms with Crippen LogP contribution in [-0.4, -0.2) is 76.9 Å². The van der Waals surface area contributed by atoms with E-state index in [0.717, 1.165) is 43.0 Å². The number of piperazine rings is 1. The molecule has 2 amide bonds. The first-order valence-electron chi connectivity index (χ1n) is 11.5. The van der Waals surface area contributed by atoms with Crippen molar-refractivity contribution >= 4 is 40.6 Å². The predicted molar refractivity (Wildman–Crippen MR) is 132 cm³/mol. The maximum absolute atomic E-state index is 12.6. The van der Waals surface area contributed by atoms with Crippen LogP contribution in [-0.2, 0) is 10.5 Å². The zero-order valence-electron chi connectivity index (χ0n) is 19.0. The van der Waals surface area contributed by atoms with Gasteiger partial charge in [0.25, 0.3) is 5.91 Å². The van der Waals surface area contributed by atoms with Crippen LogP contribution in [0.2, 0.25) is 0 Å². The molecule has 2 heterocycles. The summed E-state index contributed by atoms with van der Waals surface area (Å²) in [6, 6.07) is 7.83. The van der Waals surface area contributed by atoms with Gasteiger partial charge in [0.15, 0.2) is 0 Å². The largest absolute Gasteiger partial charge is 0.497 e. The summed E-state index contributed by atoms with van der Waals surface area (Å²) in [7, 11) is 1.60. The second-order valence-corrected chi connectivity index (χ2v) is 10.4. The van der Waals surface area contributed by atoms with E-state index in [2.05, 4.69) is 20.4 Å². The lowest BCUT2D eigenvalue weighted by Gasteiger charge is -2.40. The van der Waals surface area contributed by atoms with Gasteiger partial charge in [-0.25, -0.2) is 0 Å². The fraction of sp³-hybridized carbons (Fsp3) is 0.565. The third-order valence-electron chi connectivity index (χ3n) is 6.22. The van der Waals surface area contributed by atoms with Crippen LogP contribution in [0.3, 0.4) is 0 Å². The standard InChI is InChI=1S/C23H31N5O3S2/c1-31-19-9-7-17(8-10-19)24-22(30)23-26-25-20(33-23)15-32-16-21(29)28-13-11-27(12-14-28)18-5-3-2-4-6-18/h7-10,18H,2-6,11-16H2,1H3,(H,24,30). The molecule has 0 atom stereocenters. The van der Waals surface area contributed by atoms with Gasteiger partial charge in [-0.1, -0.05) is 30.6 Å². The molecule has 0 radical (unpaired) electrons. The van der Waals surface area contributed by atoms with Gasteiger partial charge in [-0.15, -0.1) is 22.0 Å². The maximum Gasteiger partial charge on any atom is 0.286 e. The van der Waals surface area contributed by atoms with E-state index in [9.17, 15) is 9.59 Å². The molecule has 8 nitrogen and oxygen atoms in total. The van der Waals surface area contributed by atoms with Crippen LogP contribution in [0, 0.1) is 0 Å². The lowest BCUT2D eigenvalue weighted by Crippen LogP contribution is -2.52. The number of hydrogen-bond donors (Lipinski definition) is 1. The van der Waals surface area contributed by atoms with Crippen molar-refractivity contribution in [3.8, 4) is 5.75 Å². The van der Waals surface area contributed by atoms with Crippen molar-refractivity contribution in [2.45, 2.75) is 43.9 Å². The fourth-order valence-electron chi connectivity index (χ4n) is 4.36. The first-order chi connectivity index (χ1) is 16.1. The molecule has 1 aliphatic heterocycles. The molecule has 0 bridgehead atoms. The van der Waals surface area contributed by atoms with Gasteiger partial charge in [-0.2, -0.15) is 0 Å². The van der Waals surface area contributed by atoms with Crippen LogP contribution in [0.25, 0.3) is 0 Å². The van der Waals surface area contributed by atoms with Crippen LogP contribution < -0.4 is 10.1 Å². The Morgan fingerprint density at radius 1 is 1.09 bits per heavy atom. The van der Waals surface area contributed by atoms with Gasteiger partial charge in [-0.3, -0.25) is 14.5 Å². The minimum Gasteiger partial charge on any atom is -0.497 e. The fourth-order valence-corrected chi connectivity index (χ4v) is 6.07. The van der Waals surface area contributed by atoms with E-state index in [0.29, 0.717) is 22.2 Å². The molecule has 2 fully saturated rings. The number of aromatic nitrogens is 2. The van der Waals surface area contributed by atoms with Gasteiger partial charge in [-0.05, 0) is 37.1 Å². The highest BCUT2D eigenvalue weighted by atomic mass is 32.2. The normalized spacial score (nSPS) is 17.7. The van der Waals surface area contributed by atoms with Crippen molar-refractivity contribution in [1.29, 1.82) is 0 Å². The van der Waals surface area contributed by atoms with Crippen molar-refractivity contribution in [3.63, 3.8) is 0 Å². The van der Waals surface area contributed by atoms with Crippen LogP contribution in [0.1, 0.15) is 46.9 Å². The number of methoxy groups -OCH3 is 1. The summed E-state index contributed by atoms with van der Waals surface area (Å²) < 4.78 is 5.12. The third-order valence-corrected chi connectivity index (χ3v) is 8.25. The highest BCUT2D eigenvalue weighted by molar-refractivity contribution is 7.99. The molecule has 2 aliphatic rings. The van der Waals surface area contributed by atoms with Crippen molar-refractivity contribution in [1.82, 2.24) is 20.0 Å². The molecule has 1 aliphatic carbocycles. The molecule has 0 spiro atoms. The molecular formula is C23H31N5O3S2. The number of carbonyl (C=O) groups excluding carboxylic acids is 2. The average molecular weight is 490 g/mol. The van der Waals surface area contributed by atoms with E-state index in [4.69, 9.17) is 4.74 Å². The zero-order chi connectivity index (χ0) is 23.0. The Hall–Kier alpha value is -2.17. The highest BCUT2D eigenvalue weighted by Gasteiger charge is 2.27. The molecule has 1 N–H and O–H groups in total. The summed E-state index contributed by atoms with van der Waals surface area (Å²) in [6.45, 7) is 3.63. The zero-order valence-corrected chi connectivity index (χ0v) is 20.6. The number of hydrogen-bond acceptors (Lipinski definition) is 8. The Bertz CT molecular complexity index is 922. The summed E-state index contributed by atoms with van der Waals surface area (Å²) >= 11 is 2.79. The monoisotopic (exact) mass is 489 g/mol. The first kappa shape index (κ1) is 24.0. The Labute approximate surface area is 203 Å². The van der Waals surface area contributed by atoms with Crippen molar-refractivity contribution < 1.29 is 14.3 Å². The first-order valence-corrected chi connectivity index (χ1v) is 13.5. The Morgan fingerprint density at radius 3 is 2.52 bits per heavy atom. The smallest absolute Gasteiger partial charge is 0.286 e. The molecule has 1 aromatic heterocycles. The Balaban J connectivity index is 1.17.